The highest BCUT2D eigenvalue weighted by Crippen LogP contribution is 2.29. The average molecular weight is 311 g/mol. The molecule has 7 nitrogen and oxygen atoms in total. The number of ether oxygens (including phenoxy) is 3. The van der Waals surface area contributed by atoms with Crippen molar-refractivity contribution >= 4 is 5.97 Å². The highest BCUT2D eigenvalue weighted by molar-refractivity contribution is 5.69. The molecule has 1 aliphatic heterocycles. The van der Waals surface area contributed by atoms with Crippen LogP contribution < -0.4 is 0 Å². The van der Waals surface area contributed by atoms with Crippen molar-refractivity contribution in [3.63, 3.8) is 0 Å². The zero-order valence-electron chi connectivity index (χ0n) is 13.7. The number of azide groups is 1. The summed E-state index contributed by atoms with van der Waals surface area (Å²) in [5, 5.41) is 3.56. The van der Waals surface area contributed by atoms with Crippen LogP contribution in [0.15, 0.2) is 17.3 Å². The quantitative estimate of drug-likeness (QED) is 0.226. The molecule has 124 valence electrons. The van der Waals surface area contributed by atoms with Gasteiger partial charge in [0.25, 0.3) is 0 Å². The molecule has 1 fully saturated rings. The lowest BCUT2D eigenvalue weighted by Gasteiger charge is -2.16. The fraction of sp³-hybridized carbons (Fsp3) is 0.800. The van der Waals surface area contributed by atoms with E-state index >= 15 is 0 Å². The van der Waals surface area contributed by atoms with Gasteiger partial charge >= 0.3 is 5.97 Å². The zero-order chi connectivity index (χ0) is 16.6. The highest BCUT2D eigenvalue weighted by Gasteiger charge is 2.39. The van der Waals surface area contributed by atoms with E-state index in [1.807, 2.05) is 26.0 Å². The summed E-state index contributed by atoms with van der Waals surface area (Å²) in [5.41, 5.74) is 8.45. The van der Waals surface area contributed by atoms with Gasteiger partial charge in [0.1, 0.15) is 6.10 Å². The van der Waals surface area contributed by atoms with Crippen LogP contribution in [0.2, 0.25) is 0 Å². The average Bonchev–Trinajstić information content (AvgIpc) is 2.76. The van der Waals surface area contributed by atoms with E-state index in [-0.39, 0.29) is 30.6 Å². The van der Waals surface area contributed by atoms with E-state index < -0.39 is 5.79 Å². The number of carbonyl (C=O) groups excluding carboxylic acids is 1. The second kappa shape index (κ2) is 8.78. The van der Waals surface area contributed by atoms with Crippen molar-refractivity contribution in [2.75, 3.05) is 13.7 Å². The molecule has 0 bridgehead atoms. The van der Waals surface area contributed by atoms with Crippen LogP contribution in [0.25, 0.3) is 10.4 Å². The van der Waals surface area contributed by atoms with Gasteiger partial charge in [-0.25, -0.2) is 0 Å². The molecule has 0 saturated carbocycles. The second-order valence-electron chi connectivity index (χ2n) is 5.77. The molecule has 1 rings (SSSR count). The van der Waals surface area contributed by atoms with Crippen molar-refractivity contribution in [1.29, 1.82) is 0 Å². The Bertz CT molecular complexity index is 444. The molecule has 1 saturated heterocycles. The molecule has 0 spiro atoms. The summed E-state index contributed by atoms with van der Waals surface area (Å²) in [5.74, 6) is -0.838. The van der Waals surface area contributed by atoms with Gasteiger partial charge in [-0.15, -0.1) is 0 Å². The monoisotopic (exact) mass is 311 g/mol. The molecule has 3 atom stereocenters. The van der Waals surface area contributed by atoms with Crippen LogP contribution in [-0.4, -0.2) is 37.6 Å². The molecule has 0 radical (unpaired) electrons. The molecular formula is C15H25N3O4. The van der Waals surface area contributed by atoms with E-state index in [4.69, 9.17) is 19.7 Å². The molecule has 0 aromatic rings. The van der Waals surface area contributed by atoms with Gasteiger partial charge in [-0.05, 0) is 31.7 Å². The number of nitrogens with zero attached hydrogens (tertiary/aromatic N) is 3. The minimum absolute atomic E-state index is 0.102. The third-order valence-electron chi connectivity index (χ3n) is 3.44. The lowest BCUT2D eigenvalue weighted by Crippen LogP contribution is -2.24. The van der Waals surface area contributed by atoms with Crippen LogP contribution in [0, 0.1) is 5.92 Å². The van der Waals surface area contributed by atoms with Gasteiger partial charge in [0.15, 0.2) is 5.79 Å². The Labute approximate surface area is 131 Å². The van der Waals surface area contributed by atoms with Crippen molar-refractivity contribution in [3.05, 3.63) is 22.6 Å². The first-order chi connectivity index (χ1) is 10.4. The maximum absolute atomic E-state index is 11.4. The minimum atomic E-state index is -0.715. The molecule has 7 heteroatoms. The van der Waals surface area contributed by atoms with Crippen molar-refractivity contribution in [2.45, 2.75) is 58.0 Å². The number of hydrogen-bond acceptors (Lipinski definition) is 5. The summed E-state index contributed by atoms with van der Waals surface area (Å²) in [7, 11) is 1.39. The van der Waals surface area contributed by atoms with Crippen LogP contribution in [-0.2, 0) is 19.0 Å². The lowest BCUT2D eigenvalue weighted by atomic mass is 9.98. The summed E-state index contributed by atoms with van der Waals surface area (Å²) in [6.45, 7) is 5.93. The summed E-state index contributed by atoms with van der Waals surface area (Å²) in [6.07, 6.45) is 5.47. The summed E-state index contributed by atoms with van der Waals surface area (Å²) in [4.78, 5) is 14.2. The predicted molar refractivity (Wildman–Crippen MR) is 82.0 cm³/mol. The maximum Gasteiger partial charge on any atom is 0.306 e. The molecule has 1 heterocycles. The predicted octanol–water partition coefficient (Wildman–Crippen LogP) is 3.35. The Kier molecular flexibility index (Phi) is 7.38. The van der Waals surface area contributed by atoms with Crippen molar-refractivity contribution < 1.29 is 19.0 Å². The van der Waals surface area contributed by atoms with Gasteiger partial charge in [-0.2, -0.15) is 0 Å². The topological polar surface area (TPSA) is 93.5 Å². The standard InChI is InChI=1S/C15H25N3O4/c1-5-6-11(9-14(19)20-4)7-8-12-13(10-17-18-16)22-15(2,3)21-12/h7-8,11-13H,5-6,9-10H2,1-4H3/b8-7+. The Morgan fingerprint density at radius 1 is 1.50 bits per heavy atom. The van der Waals surface area contributed by atoms with E-state index in [9.17, 15) is 4.79 Å². The maximum atomic E-state index is 11.4. The smallest absolute Gasteiger partial charge is 0.306 e. The number of carbonyl (C=O) groups is 1. The number of esters is 1. The molecule has 0 N–H and O–H groups in total. The van der Waals surface area contributed by atoms with Crippen LogP contribution >= 0.6 is 0 Å². The van der Waals surface area contributed by atoms with E-state index in [0.29, 0.717) is 6.42 Å². The minimum Gasteiger partial charge on any atom is -0.469 e. The molecule has 3 unspecified atom stereocenters. The first-order valence-electron chi connectivity index (χ1n) is 7.53. The zero-order valence-corrected chi connectivity index (χ0v) is 13.7. The molecule has 22 heavy (non-hydrogen) atoms. The van der Waals surface area contributed by atoms with Crippen molar-refractivity contribution in [1.82, 2.24) is 0 Å². The molecule has 0 amide bonds. The van der Waals surface area contributed by atoms with E-state index in [2.05, 4.69) is 16.9 Å². The van der Waals surface area contributed by atoms with Gasteiger partial charge < -0.3 is 14.2 Å². The largest absolute Gasteiger partial charge is 0.469 e. The highest BCUT2D eigenvalue weighted by atomic mass is 16.7. The van der Waals surface area contributed by atoms with Gasteiger partial charge in [0.05, 0.1) is 26.2 Å². The molecule has 0 aromatic heterocycles. The summed E-state index contributed by atoms with van der Waals surface area (Å²) < 4.78 is 16.3. The lowest BCUT2D eigenvalue weighted by molar-refractivity contribution is -0.142. The number of allylic oxidation sites excluding steroid dienone is 1. The number of hydrogen-bond donors (Lipinski definition) is 0. The Morgan fingerprint density at radius 2 is 2.23 bits per heavy atom. The fourth-order valence-electron chi connectivity index (χ4n) is 2.49. The summed E-state index contributed by atoms with van der Waals surface area (Å²) >= 11 is 0. The second-order valence-corrected chi connectivity index (χ2v) is 5.77. The Morgan fingerprint density at radius 3 is 2.82 bits per heavy atom. The molecule has 0 aliphatic carbocycles. The van der Waals surface area contributed by atoms with Gasteiger partial charge in [-0.3, -0.25) is 4.79 Å². The third kappa shape index (κ3) is 6.05. The first-order valence-corrected chi connectivity index (χ1v) is 7.53. The van der Waals surface area contributed by atoms with E-state index in [0.717, 1.165) is 12.8 Å². The van der Waals surface area contributed by atoms with Crippen LogP contribution in [0.1, 0.15) is 40.0 Å². The fourth-order valence-corrected chi connectivity index (χ4v) is 2.49. The van der Waals surface area contributed by atoms with E-state index in [1.165, 1.54) is 7.11 Å². The van der Waals surface area contributed by atoms with Crippen molar-refractivity contribution in [2.24, 2.45) is 11.0 Å². The number of rotatable bonds is 8. The first kappa shape index (κ1) is 18.5. The van der Waals surface area contributed by atoms with Crippen LogP contribution in [0.3, 0.4) is 0 Å². The van der Waals surface area contributed by atoms with Crippen LogP contribution in [0.5, 0.6) is 0 Å². The SMILES string of the molecule is CCCC(/C=C/C1OC(C)(C)OC1CN=[N+]=[N-])CC(=O)OC. The van der Waals surface area contributed by atoms with Gasteiger partial charge in [0.2, 0.25) is 0 Å². The van der Waals surface area contributed by atoms with Gasteiger partial charge in [-0.1, -0.05) is 30.6 Å². The van der Waals surface area contributed by atoms with Gasteiger partial charge in [0, 0.05) is 4.91 Å². The normalized spacial score (nSPS) is 24.9. The molecular weight excluding hydrogens is 286 g/mol. The Balaban J connectivity index is 2.73. The summed E-state index contributed by atoms with van der Waals surface area (Å²) in [6, 6.07) is 0. The van der Waals surface area contributed by atoms with E-state index in [1.54, 1.807) is 0 Å². The molecule has 0 aromatic carbocycles. The number of methoxy groups -OCH3 is 1. The molecule has 1 aliphatic rings. The third-order valence-corrected chi connectivity index (χ3v) is 3.44. The van der Waals surface area contributed by atoms with Crippen LogP contribution in [0.4, 0.5) is 0 Å². The Hall–Kier alpha value is -1.56. The van der Waals surface area contributed by atoms with Crippen molar-refractivity contribution in [3.8, 4) is 0 Å².